The van der Waals surface area contributed by atoms with Crippen LogP contribution in [0, 0.1) is 0 Å². The van der Waals surface area contributed by atoms with Crippen LogP contribution in [0.5, 0.6) is 0 Å². The molecule has 1 saturated heterocycles. The number of ether oxygens (including phenoxy) is 1. The van der Waals surface area contributed by atoms with E-state index >= 15 is 0 Å². The minimum absolute atomic E-state index is 0.233. The molecular weight excluding hydrogens is 398 g/mol. The van der Waals surface area contributed by atoms with E-state index in [-0.39, 0.29) is 11.2 Å². The van der Waals surface area contributed by atoms with Crippen molar-refractivity contribution in [2.45, 2.75) is 77.4 Å². The zero-order valence-corrected chi connectivity index (χ0v) is 21.5. The Labute approximate surface area is 174 Å². The van der Waals surface area contributed by atoms with Crippen molar-refractivity contribution in [3.63, 3.8) is 0 Å². The monoisotopic (exact) mass is 441 g/mol. The van der Waals surface area contributed by atoms with E-state index in [4.69, 9.17) is 37.0 Å². The maximum atomic E-state index is 5.94. The largest absolute Gasteiger partial charge is 0.502 e. The van der Waals surface area contributed by atoms with Gasteiger partial charge in [-0.15, -0.1) is 0 Å². The topological polar surface area (TPSA) is 93.9 Å². The fraction of sp³-hybridized carbons (Fsp3) is 1.00. The predicted molar refractivity (Wildman–Crippen MR) is 114 cm³/mol. The predicted octanol–water partition coefficient (Wildman–Crippen LogP) is 2.81. The summed E-state index contributed by atoms with van der Waals surface area (Å²) in [5.41, 5.74) is 4.99. The van der Waals surface area contributed by atoms with Crippen LogP contribution in [-0.4, -0.2) is 76.5 Å². The average Bonchev–Trinajstić information content (AvgIpc) is 3.41. The maximum Gasteiger partial charge on any atom is 0.502 e. The lowest BCUT2D eigenvalue weighted by molar-refractivity contribution is 0.0153. The van der Waals surface area contributed by atoms with E-state index < -0.39 is 17.6 Å². The molecule has 170 valence electrons. The Kier molecular flexibility index (Phi) is 12.1. The first-order valence-corrected chi connectivity index (χ1v) is 13.6. The lowest BCUT2D eigenvalue weighted by Crippen LogP contribution is -2.50. The molecule has 0 radical (unpaired) electrons. The SMILES string of the molecule is CO[Si](CCC1CO1)(OC)OC(C)(C)C.CO[Si](CCN)(OC)OC(C)(C)C. The lowest BCUT2D eigenvalue weighted by Gasteiger charge is -2.33. The highest BCUT2D eigenvalue weighted by Gasteiger charge is 2.44. The van der Waals surface area contributed by atoms with Crippen LogP contribution in [0.1, 0.15) is 48.0 Å². The number of epoxide rings is 1. The molecule has 28 heavy (non-hydrogen) atoms. The number of nitrogens with two attached hydrogens (primary N) is 1. The minimum atomic E-state index is -2.50. The Hall–Kier alpha value is 0.114. The van der Waals surface area contributed by atoms with Gasteiger partial charge in [-0.05, 0) is 54.5 Å². The van der Waals surface area contributed by atoms with Gasteiger partial charge >= 0.3 is 17.6 Å². The molecule has 1 unspecified atom stereocenters. The van der Waals surface area contributed by atoms with E-state index in [0.717, 1.165) is 19.1 Å². The van der Waals surface area contributed by atoms with Crippen LogP contribution in [0.3, 0.4) is 0 Å². The number of rotatable bonds is 11. The molecule has 0 aromatic carbocycles. The van der Waals surface area contributed by atoms with Crippen molar-refractivity contribution in [3.05, 3.63) is 0 Å². The summed E-state index contributed by atoms with van der Waals surface area (Å²) in [4.78, 5) is 0. The third-order valence-corrected chi connectivity index (χ3v) is 9.93. The molecule has 1 aliphatic heterocycles. The van der Waals surface area contributed by atoms with Crippen LogP contribution in [0.25, 0.3) is 0 Å². The van der Waals surface area contributed by atoms with Crippen LogP contribution >= 0.6 is 0 Å². The van der Waals surface area contributed by atoms with E-state index in [2.05, 4.69) is 0 Å². The summed E-state index contributed by atoms with van der Waals surface area (Å²) in [6, 6.07) is 1.47. The first-order chi connectivity index (χ1) is 12.8. The molecule has 0 amide bonds. The smallest absolute Gasteiger partial charge is 0.377 e. The average molecular weight is 442 g/mol. The summed E-state index contributed by atoms with van der Waals surface area (Å²) in [5.74, 6) is 0. The van der Waals surface area contributed by atoms with E-state index in [1.54, 1.807) is 28.4 Å². The summed E-state index contributed by atoms with van der Waals surface area (Å²) in [5, 5.41) is 0. The third-order valence-electron chi connectivity index (χ3n) is 3.79. The van der Waals surface area contributed by atoms with Crippen LogP contribution in [0.2, 0.25) is 12.1 Å². The van der Waals surface area contributed by atoms with Gasteiger partial charge in [-0.2, -0.15) is 0 Å². The van der Waals surface area contributed by atoms with Gasteiger partial charge in [0, 0.05) is 40.5 Å². The summed E-state index contributed by atoms with van der Waals surface area (Å²) in [6.45, 7) is 13.4. The molecule has 1 aliphatic rings. The first-order valence-electron chi connectivity index (χ1n) is 9.72. The highest BCUT2D eigenvalue weighted by molar-refractivity contribution is 6.61. The Morgan fingerprint density at radius 3 is 1.39 bits per heavy atom. The second kappa shape index (κ2) is 12.1. The van der Waals surface area contributed by atoms with Gasteiger partial charge in [-0.3, -0.25) is 0 Å². The molecular formula is C18H43NO7Si2. The summed E-state index contributed by atoms with van der Waals surface area (Å²) in [6.07, 6.45) is 1.36. The van der Waals surface area contributed by atoms with Crippen molar-refractivity contribution in [3.8, 4) is 0 Å². The Morgan fingerprint density at radius 2 is 1.14 bits per heavy atom. The van der Waals surface area contributed by atoms with Crippen molar-refractivity contribution >= 4 is 17.6 Å². The molecule has 10 heteroatoms. The minimum Gasteiger partial charge on any atom is -0.377 e. The van der Waals surface area contributed by atoms with Gasteiger partial charge in [0.05, 0.1) is 23.9 Å². The molecule has 0 aromatic rings. The van der Waals surface area contributed by atoms with Crippen molar-refractivity contribution in [1.29, 1.82) is 0 Å². The molecule has 1 rings (SSSR count). The van der Waals surface area contributed by atoms with Crippen molar-refractivity contribution < 1.29 is 31.3 Å². The molecule has 1 fully saturated rings. The summed E-state index contributed by atoms with van der Waals surface area (Å²) in [7, 11) is 1.55. The van der Waals surface area contributed by atoms with Crippen molar-refractivity contribution in [2.24, 2.45) is 5.73 Å². The second-order valence-electron chi connectivity index (χ2n) is 8.64. The van der Waals surface area contributed by atoms with Gasteiger partial charge in [0.2, 0.25) is 0 Å². The zero-order valence-electron chi connectivity index (χ0n) is 19.5. The highest BCUT2D eigenvalue weighted by atomic mass is 28.4. The molecule has 8 nitrogen and oxygen atoms in total. The second-order valence-corrected chi connectivity index (χ2v) is 14.4. The Bertz CT molecular complexity index is 415. The molecule has 1 heterocycles. The number of hydrogen-bond donors (Lipinski definition) is 1. The first kappa shape index (κ1) is 28.1. The van der Waals surface area contributed by atoms with E-state index in [1.165, 1.54) is 0 Å². The van der Waals surface area contributed by atoms with E-state index in [0.29, 0.717) is 18.7 Å². The fourth-order valence-electron chi connectivity index (χ4n) is 2.53. The van der Waals surface area contributed by atoms with Gasteiger partial charge in [-0.1, -0.05) is 0 Å². The van der Waals surface area contributed by atoms with Gasteiger partial charge in [0.1, 0.15) is 0 Å². The summed E-state index contributed by atoms with van der Waals surface area (Å²) >= 11 is 0. The quantitative estimate of drug-likeness (QED) is 0.386. The summed E-state index contributed by atoms with van der Waals surface area (Å²) < 4.78 is 38.5. The van der Waals surface area contributed by atoms with Gasteiger partial charge in [0.15, 0.2) is 0 Å². The third kappa shape index (κ3) is 12.0. The molecule has 0 saturated carbocycles. The van der Waals surface area contributed by atoms with Gasteiger partial charge < -0.3 is 37.0 Å². The molecule has 0 bridgehead atoms. The van der Waals surface area contributed by atoms with Crippen molar-refractivity contribution in [2.75, 3.05) is 41.6 Å². The zero-order chi connectivity index (χ0) is 22.1. The molecule has 0 aliphatic carbocycles. The lowest BCUT2D eigenvalue weighted by atomic mass is 10.2. The molecule has 2 N–H and O–H groups in total. The van der Waals surface area contributed by atoms with E-state index in [1.807, 2.05) is 41.5 Å². The van der Waals surface area contributed by atoms with E-state index in [9.17, 15) is 0 Å². The molecule has 1 atom stereocenters. The highest BCUT2D eigenvalue weighted by Crippen LogP contribution is 2.27. The van der Waals surface area contributed by atoms with Crippen LogP contribution in [0.15, 0.2) is 0 Å². The van der Waals surface area contributed by atoms with Crippen molar-refractivity contribution in [1.82, 2.24) is 0 Å². The van der Waals surface area contributed by atoms with Crippen LogP contribution < -0.4 is 5.73 Å². The van der Waals surface area contributed by atoms with Gasteiger partial charge in [0.25, 0.3) is 0 Å². The molecule has 0 spiro atoms. The standard InChI is InChI=1S/C10H22O4Si.C8H21NO3Si/c1-10(2,3)14-15(11-4,12-5)7-6-9-8-13-9;1-8(2,3)12-13(10-4,11-5)7-6-9/h9H,6-8H2,1-5H3;6-7,9H2,1-5H3. The maximum absolute atomic E-state index is 5.94. The van der Waals surface area contributed by atoms with Crippen LogP contribution in [0.4, 0.5) is 0 Å². The fourth-order valence-corrected chi connectivity index (χ4v) is 7.11. The van der Waals surface area contributed by atoms with Gasteiger partial charge in [-0.25, -0.2) is 0 Å². The Balaban J connectivity index is 0.000000528. The normalized spacial score (nSPS) is 17.9. The molecule has 0 aromatic heterocycles. The number of hydrogen-bond acceptors (Lipinski definition) is 8. The Morgan fingerprint density at radius 1 is 0.786 bits per heavy atom. The van der Waals surface area contributed by atoms with Crippen LogP contribution in [-0.2, 0) is 31.3 Å².